The van der Waals surface area contributed by atoms with Crippen molar-refractivity contribution < 1.29 is 4.74 Å². The first-order chi connectivity index (χ1) is 4.86. The molecule has 1 aliphatic rings. The van der Waals surface area contributed by atoms with E-state index in [9.17, 15) is 0 Å². The SMILES string of the molecule is Cc1ccn(C2COC2)n1. The summed E-state index contributed by atoms with van der Waals surface area (Å²) in [5, 5.41) is 4.27. The number of nitrogens with zero attached hydrogens (tertiary/aromatic N) is 2. The summed E-state index contributed by atoms with van der Waals surface area (Å²) >= 11 is 0. The summed E-state index contributed by atoms with van der Waals surface area (Å²) in [7, 11) is 0. The first-order valence-electron chi connectivity index (χ1n) is 3.46. The summed E-state index contributed by atoms with van der Waals surface area (Å²) in [6.07, 6.45) is 2.00. The Morgan fingerprint density at radius 1 is 1.70 bits per heavy atom. The zero-order valence-electron chi connectivity index (χ0n) is 5.95. The molecule has 10 heavy (non-hydrogen) atoms. The number of hydrogen-bond acceptors (Lipinski definition) is 2. The first-order valence-corrected chi connectivity index (χ1v) is 3.46. The van der Waals surface area contributed by atoms with Crippen molar-refractivity contribution in [2.75, 3.05) is 13.2 Å². The van der Waals surface area contributed by atoms with Crippen LogP contribution in [0.25, 0.3) is 0 Å². The van der Waals surface area contributed by atoms with Gasteiger partial charge in [-0.25, -0.2) is 0 Å². The second-order valence-corrected chi connectivity index (χ2v) is 2.63. The molecule has 0 saturated carbocycles. The minimum absolute atomic E-state index is 0.494. The topological polar surface area (TPSA) is 27.1 Å². The summed E-state index contributed by atoms with van der Waals surface area (Å²) in [6, 6.07) is 2.51. The summed E-state index contributed by atoms with van der Waals surface area (Å²) in [5.74, 6) is 0. The van der Waals surface area contributed by atoms with Crippen LogP contribution in [0.15, 0.2) is 12.3 Å². The predicted molar refractivity (Wildman–Crippen MR) is 36.8 cm³/mol. The molecule has 1 aromatic heterocycles. The zero-order valence-corrected chi connectivity index (χ0v) is 5.95. The highest BCUT2D eigenvalue weighted by molar-refractivity contribution is 4.96. The molecular weight excluding hydrogens is 128 g/mol. The zero-order chi connectivity index (χ0) is 6.97. The monoisotopic (exact) mass is 138 g/mol. The Morgan fingerprint density at radius 2 is 2.50 bits per heavy atom. The maximum atomic E-state index is 5.04. The highest BCUT2D eigenvalue weighted by Gasteiger charge is 2.20. The van der Waals surface area contributed by atoms with Gasteiger partial charge in [-0.3, -0.25) is 4.68 Å². The van der Waals surface area contributed by atoms with E-state index in [1.165, 1.54) is 0 Å². The molecular formula is C7H10N2O. The number of aryl methyl sites for hydroxylation is 1. The first kappa shape index (κ1) is 5.92. The van der Waals surface area contributed by atoms with E-state index in [-0.39, 0.29) is 0 Å². The Kier molecular flexibility index (Phi) is 1.24. The van der Waals surface area contributed by atoms with E-state index >= 15 is 0 Å². The van der Waals surface area contributed by atoms with E-state index in [4.69, 9.17) is 4.74 Å². The molecule has 1 aromatic rings. The van der Waals surface area contributed by atoms with Gasteiger partial charge in [-0.05, 0) is 13.0 Å². The van der Waals surface area contributed by atoms with E-state index in [1.807, 2.05) is 23.9 Å². The molecule has 0 atom stereocenters. The number of ether oxygens (including phenoxy) is 1. The molecule has 1 saturated heterocycles. The van der Waals surface area contributed by atoms with Crippen LogP contribution in [0.1, 0.15) is 11.7 Å². The van der Waals surface area contributed by atoms with E-state index < -0.39 is 0 Å². The fourth-order valence-corrected chi connectivity index (χ4v) is 1.01. The van der Waals surface area contributed by atoms with Gasteiger partial charge in [-0.15, -0.1) is 0 Å². The minimum atomic E-state index is 0.494. The van der Waals surface area contributed by atoms with Crippen LogP contribution in [0.4, 0.5) is 0 Å². The largest absolute Gasteiger partial charge is 0.377 e. The lowest BCUT2D eigenvalue weighted by molar-refractivity contribution is -0.0287. The Hall–Kier alpha value is -0.830. The molecule has 0 aromatic carbocycles. The normalized spacial score (nSPS) is 18.9. The molecule has 2 rings (SSSR count). The Labute approximate surface area is 59.6 Å². The highest BCUT2D eigenvalue weighted by Crippen LogP contribution is 2.15. The highest BCUT2D eigenvalue weighted by atomic mass is 16.5. The van der Waals surface area contributed by atoms with Gasteiger partial charge in [0.2, 0.25) is 0 Å². The third kappa shape index (κ3) is 0.827. The van der Waals surface area contributed by atoms with E-state index in [0.717, 1.165) is 18.9 Å². The van der Waals surface area contributed by atoms with Crippen molar-refractivity contribution in [1.82, 2.24) is 9.78 Å². The van der Waals surface area contributed by atoms with Gasteiger partial charge >= 0.3 is 0 Å². The van der Waals surface area contributed by atoms with Crippen molar-refractivity contribution in [3.05, 3.63) is 18.0 Å². The molecule has 0 amide bonds. The summed E-state index contributed by atoms with van der Waals surface area (Å²) in [4.78, 5) is 0. The second kappa shape index (κ2) is 2.09. The van der Waals surface area contributed by atoms with Gasteiger partial charge in [0.1, 0.15) is 0 Å². The smallest absolute Gasteiger partial charge is 0.0985 e. The van der Waals surface area contributed by atoms with Gasteiger partial charge in [0, 0.05) is 6.20 Å². The quantitative estimate of drug-likeness (QED) is 0.573. The number of hydrogen-bond donors (Lipinski definition) is 0. The molecule has 0 radical (unpaired) electrons. The molecule has 54 valence electrons. The third-order valence-corrected chi connectivity index (χ3v) is 1.74. The molecule has 0 bridgehead atoms. The van der Waals surface area contributed by atoms with Crippen molar-refractivity contribution >= 4 is 0 Å². The van der Waals surface area contributed by atoms with Gasteiger partial charge in [0.25, 0.3) is 0 Å². The van der Waals surface area contributed by atoms with Crippen molar-refractivity contribution in [3.63, 3.8) is 0 Å². The van der Waals surface area contributed by atoms with Crippen LogP contribution in [-0.2, 0) is 4.74 Å². The standard InChI is InChI=1S/C7H10N2O/c1-6-2-3-9(8-6)7-4-10-5-7/h2-3,7H,4-5H2,1H3. The minimum Gasteiger partial charge on any atom is -0.377 e. The van der Waals surface area contributed by atoms with E-state index in [2.05, 4.69) is 5.10 Å². The molecule has 2 heterocycles. The van der Waals surface area contributed by atoms with Gasteiger partial charge < -0.3 is 4.74 Å². The van der Waals surface area contributed by atoms with Gasteiger partial charge in [0.15, 0.2) is 0 Å². The third-order valence-electron chi connectivity index (χ3n) is 1.74. The summed E-state index contributed by atoms with van der Waals surface area (Å²) < 4.78 is 7.01. The molecule has 0 spiro atoms. The van der Waals surface area contributed by atoms with E-state index in [1.54, 1.807) is 0 Å². The Morgan fingerprint density at radius 3 is 2.90 bits per heavy atom. The Balaban J connectivity index is 2.17. The molecule has 3 heteroatoms. The molecule has 1 fully saturated rings. The molecule has 3 nitrogen and oxygen atoms in total. The fourth-order valence-electron chi connectivity index (χ4n) is 1.01. The maximum absolute atomic E-state index is 5.04. The lowest BCUT2D eigenvalue weighted by Gasteiger charge is -2.25. The van der Waals surface area contributed by atoms with Crippen LogP contribution in [0.5, 0.6) is 0 Å². The fraction of sp³-hybridized carbons (Fsp3) is 0.571. The van der Waals surface area contributed by atoms with Crippen LogP contribution in [0.2, 0.25) is 0 Å². The average Bonchev–Trinajstić information content (AvgIpc) is 2.10. The maximum Gasteiger partial charge on any atom is 0.0985 e. The van der Waals surface area contributed by atoms with Gasteiger partial charge in [-0.2, -0.15) is 5.10 Å². The van der Waals surface area contributed by atoms with Crippen LogP contribution in [0, 0.1) is 6.92 Å². The predicted octanol–water partition coefficient (Wildman–Crippen LogP) is 0.763. The van der Waals surface area contributed by atoms with Crippen molar-refractivity contribution in [2.45, 2.75) is 13.0 Å². The molecule has 1 aliphatic heterocycles. The Bertz CT molecular complexity index is 227. The lowest BCUT2D eigenvalue weighted by atomic mass is 10.3. The number of aromatic nitrogens is 2. The van der Waals surface area contributed by atoms with Crippen molar-refractivity contribution in [2.24, 2.45) is 0 Å². The summed E-state index contributed by atoms with van der Waals surface area (Å²) in [6.45, 7) is 3.64. The van der Waals surface area contributed by atoms with E-state index in [0.29, 0.717) is 6.04 Å². The van der Waals surface area contributed by atoms with Crippen molar-refractivity contribution in [1.29, 1.82) is 0 Å². The van der Waals surface area contributed by atoms with Crippen LogP contribution >= 0.6 is 0 Å². The molecule has 0 aliphatic carbocycles. The second-order valence-electron chi connectivity index (χ2n) is 2.63. The number of rotatable bonds is 1. The van der Waals surface area contributed by atoms with Gasteiger partial charge in [-0.1, -0.05) is 0 Å². The summed E-state index contributed by atoms with van der Waals surface area (Å²) in [5.41, 5.74) is 1.08. The van der Waals surface area contributed by atoms with Crippen molar-refractivity contribution in [3.8, 4) is 0 Å². The average molecular weight is 138 g/mol. The van der Waals surface area contributed by atoms with Gasteiger partial charge in [0.05, 0.1) is 24.9 Å². The van der Waals surface area contributed by atoms with Crippen LogP contribution in [-0.4, -0.2) is 23.0 Å². The lowest BCUT2D eigenvalue weighted by Crippen LogP contribution is -2.30. The van der Waals surface area contributed by atoms with Crippen LogP contribution < -0.4 is 0 Å². The molecule has 0 unspecified atom stereocenters. The van der Waals surface area contributed by atoms with Crippen LogP contribution in [0.3, 0.4) is 0 Å². The molecule has 0 N–H and O–H groups in total.